The van der Waals surface area contributed by atoms with Gasteiger partial charge in [0.1, 0.15) is 0 Å². The van der Waals surface area contributed by atoms with Crippen LogP contribution in [-0.4, -0.2) is 27.3 Å². The predicted octanol–water partition coefficient (Wildman–Crippen LogP) is 3.05. The van der Waals surface area contributed by atoms with Gasteiger partial charge in [-0.25, -0.2) is 4.79 Å². The molecule has 130 valence electrons. The van der Waals surface area contributed by atoms with Gasteiger partial charge in [0.15, 0.2) is 0 Å². The first kappa shape index (κ1) is 19.5. The van der Waals surface area contributed by atoms with E-state index < -0.39 is 28.6 Å². The molecule has 8 heteroatoms. The van der Waals surface area contributed by atoms with Gasteiger partial charge in [-0.05, 0) is 38.5 Å². The summed E-state index contributed by atoms with van der Waals surface area (Å²) in [6, 6.07) is 4.27. The van der Waals surface area contributed by atoms with E-state index in [0.717, 1.165) is 12.1 Å². The van der Waals surface area contributed by atoms with Crippen molar-refractivity contribution in [1.29, 1.82) is 0 Å². The first-order valence-corrected chi connectivity index (χ1v) is 8.38. The first-order valence-electron chi connectivity index (χ1n) is 7.06. The van der Waals surface area contributed by atoms with E-state index in [1.54, 1.807) is 0 Å². The highest BCUT2D eigenvalue weighted by molar-refractivity contribution is 7.86. The number of urea groups is 1. The minimum atomic E-state index is -4.41. The Morgan fingerprint density at radius 2 is 1.83 bits per heavy atom. The molecule has 0 radical (unpaired) electrons. The number of rotatable bonds is 5. The fraction of sp³-hybridized carbons (Fsp3) is 0.533. The zero-order valence-electron chi connectivity index (χ0n) is 13.3. The molecule has 0 heterocycles. The van der Waals surface area contributed by atoms with Crippen LogP contribution in [0.4, 0.5) is 18.0 Å². The molecule has 0 saturated heterocycles. The van der Waals surface area contributed by atoms with Crippen LogP contribution in [0.2, 0.25) is 0 Å². The maximum Gasteiger partial charge on any atom is 0.416 e. The molecule has 0 aliphatic carbocycles. The predicted molar refractivity (Wildman–Crippen MR) is 84.4 cm³/mol. The van der Waals surface area contributed by atoms with Crippen LogP contribution in [0, 0.1) is 0 Å². The van der Waals surface area contributed by atoms with Gasteiger partial charge in [-0.3, -0.25) is 4.21 Å². The van der Waals surface area contributed by atoms with Crippen molar-refractivity contribution in [1.82, 2.24) is 10.6 Å². The second-order valence-corrected chi connectivity index (χ2v) is 8.29. The molecule has 1 aromatic carbocycles. The van der Waals surface area contributed by atoms with Crippen LogP contribution < -0.4 is 10.6 Å². The average Bonchev–Trinajstić information content (AvgIpc) is 2.43. The number of benzene rings is 1. The number of halogens is 3. The standard InChI is InChI=1S/C15H21F3N2O2S/c1-14(2,3)23(22)8-7-19-13(21)20-10-11-5-4-6-12(9-11)15(16,17)18/h4-6,9H,7-8,10H2,1-3H3,(H2,19,20,21). The van der Waals surface area contributed by atoms with Crippen molar-refractivity contribution in [3.8, 4) is 0 Å². The average molecular weight is 350 g/mol. The van der Waals surface area contributed by atoms with Crippen LogP contribution >= 0.6 is 0 Å². The number of hydrogen-bond donors (Lipinski definition) is 2. The van der Waals surface area contributed by atoms with Gasteiger partial charge in [-0.1, -0.05) is 12.1 Å². The lowest BCUT2D eigenvalue weighted by Gasteiger charge is -2.17. The Morgan fingerprint density at radius 1 is 1.17 bits per heavy atom. The van der Waals surface area contributed by atoms with Gasteiger partial charge < -0.3 is 10.6 Å². The lowest BCUT2D eigenvalue weighted by atomic mass is 10.1. The quantitative estimate of drug-likeness (QED) is 0.857. The molecule has 0 aromatic heterocycles. The highest BCUT2D eigenvalue weighted by atomic mass is 32.2. The number of carbonyl (C=O) groups is 1. The van der Waals surface area contributed by atoms with Crippen molar-refractivity contribution >= 4 is 16.8 Å². The van der Waals surface area contributed by atoms with E-state index in [0.29, 0.717) is 11.3 Å². The van der Waals surface area contributed by atoms with Gasteiger partial charge >= 0.3 is 12.2 Å². The lowest BCUT2D eigenvalue weighted by Crippen LogP contribution is -2.38. The van der Waals surface area contributed by atoms with E-state index in [9.17, 15) is 22.2 Å². The van der Waals surface area contributed by atoms with Crippen LogP contribution in [0.25, 0.3) is 0 Å². The second kappa shape index (κ2) is 7.81. The third-order valence-electron chi connectivity index (χ3n) is 2.96. The molecule has 0 spiro atoms. The normalized spacial score (nSPS) is 13.5. The monoisotopic (exact) mass is 350 g/mol. The van der Waals surface area contributed by atoms with E-state index >= 15 is 0 Å². The molecule has 2 amide bonds. The third-order valence-corrected chi connectivity index (χ3v) is 4.90. The van der Waals surface area contributed by atoms with E-state index in [-0.39, 0.29) is 17.8 Å². The van der Waals surface area contributed by atoms with E-state index in [1.165, 1.54) is 12.1 Å². The van der Waals surface area contributed by atoms with Crippen LogP contribution in [-0.2, 0) is 23.5 Å². The summed E-state index contributed by atoms with van der Waals surface area (Å²) in [6.07, 6.45) is -4.41. The Kier molecular flexibility index (Phi) is 6.61. The first-order chi connectivity index (χ1) is 10.5. The van der Waals surface area contributed by atoms with Gasteiger partial charge in [0.2, 0.25) is 0 Å². The van der Waals surface area contributed by atoms with Crippen molar-refractivity contribution in [2.24, 2.45) is 0 Å². The molecule has 1 aromatic rings. The molecule has 0 saturated carbocycles. The molecular weight excluding hydrogens is 329 g/mol. The zero-order chi connectivity index (χ0) is 17.7. The summed E-state index contributed by atoms with van der Waals surface area (Å²) in [4.78, 5) is 11.6. The molecule has 0 aliphatic heterocycles. The lowest BCUT2D eigenvalue weighted by molar-refractivity contribution is -0.137. The molecule has 1 unspecified atom stereocenters. The summed E-state index contributed by atoms with van der Waals surface area (Å²) in [6.45, 7) is 5.75. The van der Waals surface area contributed by atoms with Crippen molar-refractivity contribution in [3.63, 3.8) is 0 Å². The number of carbonyl (C=O) groups excluding carboxylic acids is 1. The van der Waals surface area contributed by atoms with Crippen molar-refractivity contribution in [2.45, 2.75) is 38.2 Å². The zero-order valence-corrected chi connectivity index (χ0v) is 14.1. The van der Waals surface area contributed by atoms with Crippen molar-refractivity contribution < 1.29 is 22.2 Å². The Hall–Kier alpha value is -1.57. The van der Waals surface area contributed by atoms with Crippen molar-refractivity contribution in [2.75, 3.05) is 12.3 Å². The fourth-order valence-electron chi connectivity index (χ4n) is 1.67. The molecule has 4 nitrogen and oxygen atoms in total. The molecule has 1 rings (SSSR count). The second-order valence-electron chi connectivity index (χ2n) is 5.97. The van der Waals surface area contributed by atoms with Gasteiger partial charge in [0, 0.05) is 34.4 Å². The third kappa shape index (κ3) is 7.02. The SMILES string of the molecule is CC(C)(C)S(=O)CCNC(=O)NCc1cccc(C(F)(F)F)c1. The molecule has 0 fully saturated rings. The van der Waals surface area contributed by atoms with Crippen LogP contribution in [0.15, 0.2) is 24.3 Å². The summed E-state index contributed by atoms with van der Waals surface area (Å²) in [7, 11) is -1.07. The van der Waals surface area contributed by atoms with Gasteiger partial charge in [-0.2, -0.15) is 13.2 Å². The molecule has 23 heavy (non-hydrogen) atoms. The smallest absolute Gasteiger partial charge is 0.337 e. The van der Waals surface area contributed by atoms with Gasteiger partial charge in [-0.15, -0.1) is 0 Å². The highest BCUT2D eigenvalue weighted by Gasteiger charge is 2.30. The molecule has 1 atom stereocenters. The molecule has 2 N–H and O–H groups in total. The van der Waals surface area contributed by atoms with Crippen LogP contribution in [0.3, 0.4) is 0 Å². The summed E-state index contributed by atoms with van der Waals surface area (Å²) in [5, 5.41) is 5.01. The fourth-order valence-corrected chi connectivity index (χ4v) is 2.57. The minimum absolute atomic E-state index is 0.0158. The Balaban J connectivity index is 2.41. The Bertz CT molecular complexity index is 569. The topological polar surface area (TPSA) is 58.2 Å². The molecular formula is C15H21F3N2O2S. The van der Waals surface area contributed by atoms with Crippen LogP contribution in [0.5, 0.6) is 0 Å². The van der Waals surface area contributed by atoms with Gasteiger partial charge in [0.05, 0.1) is 5.56 Å². The van der Waals surface area contributed by atoms with Gasteiger partial charge in [0.25, 0.3) is 0 Å². The summed E-state index contributed by atoms with van der Waals surface area (Å²) < 4.78 is 49.2. The molecule has 0 bridgehead atoms. The van der Waals surface area contributed by atoms with Crippen LogP contribution in [0.1, 0.15) is 31.9 Å². The maximum atomic E-state index is 12.6. The summed E-state index contributed by atoms with van der Waals surface area (Å²) in [5.74, 6) is 0.320. The highest BCUT2D eigenvalue weighted by Crippen LogP contribution is 2.29. The minimum Gasteiger partial charge on any atom is -0.337 e. The molecule has 0 aliphatic rings. The number of hydrogen-bond acceptors (Lipinski definition) is 2. The Morgan fingerprint density at radius 3 is 2.39 bits per heavy atom. The maximum absolute atomic E-state index is 12.6. The number of amides is 2. The number of nitrogens with one attached hydrogen (secondary N) is 2. The Labute approximate surface area is 136 Å². The summed E-state index contributed by atoms with van der Waals surface area (Å²) in [5.41, 5.74) is -0.397. The summed E-state index contributed by atoms with van der Waals surface area (Å²) >= 11 is 0. The van der Waals surface area contributed by atoms with E-state index in [4.69, 9.17) is 0 Å². The van der Waals surface area contributed by atoms with E-state index in [1.807, 2.05) is 20.8 Å². The number of alkyl halides is 3. The van der Waals surface area contributed by atoms with E-state index in [2.05, 4.69) is 10.6 Å². The van der Waals surface area contributed by atoms with Crippen molar-refractivity contribution in [3.05, 3.63) is 35.4 Å². The largest absolute Gasteiger partial charge is 0.416 e.